The predicted octanol–water partition coefficient (Wildman–Crippen LogP) is 3.55. The van der Waals surface area contributed by atoms with Gasteiger partial charge in [0.05, 0.1) is 13.5 Å². The van der Waals surface area contributed by atoms with Crippen LogP contribution in [0.2, 0.25) is 0 Å². The highest BCUT2D eigenvalue weighted by Gasteiger charge is 2.27. The molecule has 1 aromatic carbocycles. The number of methoxy groups -OCH3 is 1. The number of hydrogen-bond donors (Lipinski definition) is 2. The summed E-state index contributed by atoms with van der Waals surface area (Å²) in [7, 11) is 1.33. The number of carbonyl (C=O) groups is 1. The summed E-state index contributed by atoms with van der Waals surface area (Å²) in [6.45, 7) is 12.5. The van der Waals surface area contributed by atoms with Crippen LogP contribution in [0.5, 0.6) is 5.75 Å². The van der Waals surface area contributed by atoms with Crippen LogP contribution in [-0.2, 0) is 20.4 Å². The molecule has 0 spiro atoms. The van der Waals surface area contributed by atoms with Crippen LogP contribution in [0.15, 0.2) is 12.1 Å². The molecule has 0 aliphatic rings. The van der Waals surface area contributed by atoms with E-state index < -0.39 is 6.04 Å². The molecule has 0 aromatic heterocycles. The quantitative estimate of drug-likeness (QED) is 0.838. The van der Waals surface area contributed by atoms with Gasteiger partial charge in [0.15, 0.2) is 0 Å². The molecule has 0 amide bonds. The molecule has 0 aliphatic heterocycles. The maximum absolute atomic E-state index is 11.5. The Morgan fingerprint density at radius 1 is 1.18 bits per heavy atom. The molecule has 0 saturated heterocycles. The molecule has 1 atom stereocenters. The predicted molar refractivity (Wildman–Crippen MR) is 89.1 cm³/mol. The zero-order valence-corrected chi connectivity index (χ0v) is 14.8. The lowest BCUT2D eigenvalue weighted by Crippen LogP contribution is -2.21. The summed E-state index contributed by atoms with van der Waals surface area (Å²) in [4.78, 5) is 11.5. The molecule has 0 radical (unpaired) electrons. The van der Waals surface area contributed by atoms with Gasteiger partial charge in [0.1, 0.15) is 5.75 Å². The fourth-order valence-corrected chi connectivity index (χ4v) is 2.32. The van der Waals surface area contributed by atoms with Crippen LogP contribution >= 0.6 is 0 Å². The van der Waals surface area contributed by atoms with Crippen molar-refractivity contribution in [3.63, 3.8) is 0 Å². The van der Waals surface area contributed by atoms with E-state index in [0.29, 0.717) is 5.56 Å². The van der Waals surface area contributed by atoms with Crippen LogP contribution in [0.3, 0.4) is 0 Å². The second kappa shape index (κ2) is 6.29. The Hall–Kier alpha value is -1.55. The smallest absolute Gasteiger partial charge is 0.307 e. The number of esters is 1. The molecular formula is C18H29NO3. The van der Waals surface area contributed by atoms with E-state index in [-0.39, 0.29) is 29.0 Å². The monoisotopic (exact) mass is 307 g/mol. The fourth-order valence-electron chi connectivity index (χ4n) is 2.32. The minimum absolute atomic E-state index is 0.0429. The highest BCUT2D eigenvalue weighted by molar-refractivity contribution is 5.70. The number of nitrogens with two attached hydrogens (primary N) is 1. The SMILES string of the molecule is COC(=O)C[C@@H](N)c1cc(C(C)(C)C)cc(C(C)(C)C)c1O. The lowest BCUT2D eigenvalue weighted by Gasteiger charge is -2.28. The van der Waals surface area contributed by atoms with Gasteiger partial charge >= 0.3 is 5.97 Å². The summed E-state index contributed by atoms with van der Waals surface area (Å²) in [6.07, 6.45) is 0.0429. The third kappa shape index (κ3) is 4.23. The number of aromatic hydroxyl groups is 1. The average Bonchev–Trinajstić information content (AvgIpc) is 2.35. The zero-order chi connectivity index (χ0) is 17.3. The minimum atomic E-state index is -0.587. The van der Waals surface area contributed by atoms with Crippen LogP contribution in [0, 0.1) is 0 Å². The van der Waals surface area contributed by atoms with Gasteiger partial charge in [0.25, 0.3) is 0 Å². The average molecular weight is 307 g/mol. The van der Waals surface area contributed by atoms with E-state index in [9.17, 15) is 9.90 Å². The van der Waals surface area contributed by atoms with Crippen LogP contribution in [-0.4, -0.2) is 18.2 Å². The lowest BCUT2D eigenvalue weighted by atomic mass is 9.78. The van der Waals surface area contributed by atoms with Gasteiger partial charge in [-0.15, -0.1) is 0 Å². The van der Waals surface area contributed by atoms with Crippen molar-refractivity contribution < 1.29 is 14.6 Å². The molecule has 0 fully saturated rings. The van der Waals surface area contributed by atoms with E-state index in [2.05, 4.69) is 25.5 Å². The van der Waals surface area contributed by atoms with Crippen molar-refractivity contribution in [3.8, 4) is 5.75 Å². The molecule has 0 bridgehead atoms. The Morgan fingerprint density at radius 2 is 1.73 bits per heavy atom. The van der Waals surface area contributed by atoms with Gasteiger partial charge < -0.3 is 15.6 Å². The number of hydrogen-bond acceptors (Lipinski definition) is 4. The maximum Gasteiger partial charge on any atom is 0.307 e. The molecule has 4 nitrogen and oxygen atoms in total. The Balaban J connectivity index is 3.46. The van der Waals surface area contributed by atoms with E-state index >= 15 is 0 Å². The summed E-state index contributed by atoms with van der Waals surface area (Å²) in [5.41, 5.74) is 8.37. The Morgan fingerprint density at radius 3 is 2.14 bits per heavy atom. The zero-order valence-electron chi connectivity index (χ0n) is 14.8. The van der Waals surface area contributed by atoms with E-state index in [1.165, 1.54) is 7.11 Å². The Labute approximate surface area is 133 Å². The van der Waals surface area contributed by atoms with Crippen LogP contribution in [0.25, 0.3) is 0 Å². The third-order valence-corrected chi connectivity index (χ3v) is 3.83. The third-order valence-electron chi connectivity index (χ3n) is 3.83. The number of benzene rings is 1. The van der Waals surface area contributed by atoms with Crippen molar-refractivity contribution in [2.75, 3.05) is 7.11 Å². The first kappa shape index (κ1) is 18.5. The van der Waals surface area contributed by atoms with Crippen molar-refractivity contribution in [1.29, 1.82) is 0 Å². The van der Waals surface area contributed by atoms with Gasteiger partial charge in [-0.1, -0.05) is 47.6 Å². The first-order chi connectivity index (χ1) is 9.87. The molecule has 4 heteroatoms. The maximum atomic E-state index is 11.5. The Bertz CT molecular complexity index is 551. The minimum Gasteiger partial charge on any atom is -0.507 e. The normalized spacial score (nSPS) is 13.8. The molecule has 0 heterocycles. The summed E-state index contributed by atoms with van der Waals surface area (Å²) < 4.78 is 4.68. The van der Waals surface area contributed by atoms with Crippen molar-refractivity contribution in [2.24, 2.45) is 5.73 Å². The van der Waals surface area contributed by atoms with E-state index in [1.54, 1.807) is 0 Å². The molecular weight excluding hydrogens is 278 g/mol. The molecule has 0 unspecified atom stereocenters. The van der Waals surface area contributed by atoms with E-state index in [0.717, 1.165) is 11.1 Å². The van der Waals surface area contributed by atoms with Crippen LogP contribution in [0.4, 0.5) is 0 Å². The number of rotatable bonds is 3. The number of phenols is 1. The Kier molecular flexibility index (Phi) is 5.29. The molecule has 1 aromatic rings. The van der Waals surface area contributed by atoms with Gasteiger partial charge in [0.2, 0.25) is 0 Å². The van der Waals surface area contributed by atoms with Crippen molar-refractivity contribution >= 4 is 5.97 Å². The van der Waals surface area contributed by atoms with Crippen molar-refractivity contribution in [1.82, 2.24) is 0 Å². The van der Waals surface area contributed by atoms with Crippen molar-refractivity contribution in [2.45, 2.75) is 64.8 Å². The standard InChI is InChI=1S/C18H29NO3/c1-17(2,3)11-8-12(14(19)10-15(20)22-7)16(21)13(9-11)18(4,5)6/h8-9,14,21H,10,19H2,1-7H3/t14-/m1/s1. The first-order valence-corrected chi connectivity index (χ1v) is 7.58. The van der Waals surface area contributed by atoms with Crippen LogP contribution in [0.1, 0.15) is 70.7 Å². The van der Waals surface area contributed by atoms with E-state index in [4.69, 9.17) is 5.73 Å². The topological polar surface area (TPSA) is 72.5 Å². The number of carbonyl (C=O) groups excluding carboxylic acids is 1. The highest BCUT2D eigenvalue weighted by atomic mass is 16.5. The summed E-state index contributed by atoms with van der Waals surface area (Å²) in [6, 6.07) is 3.35. The van der Waals surface area contributed by atoms with Gasteiger partial charge in [-0.3, -0.25) is 4.79 Å². The van der Waals surface area contributed by atoms with E-state index in [1.807, 2.05) is 32.9 Å². The molecule has 0 aliphatic carbocycles. The van der Waals surface area contributed by atoms with Gasteiger partial charge in [0, 0.05) is 11.6 Å². The summed E-state index contributed by atoms with van der Waals surface area (Å²) >= 11 is 0. The van der Waals surface area contributed by atoms with Crippen LogP contribution < -0.4 is 5.73 Å². The lowest BCUT2D eigenvalue weighted by molar-refractivity contribution is -0.141. The largest absolute Gasteiger partial charge is 0.507 e. The van der Waals surface area contributed by atoms with Gasteiger partial charge in [-0.25, -0.2) is 0 Å². The fraction of sp³-hybridized carbons (Fsp3) is 0.611. The number of ether oxygens (including phenoxy) is 1. The van der Waals surface area contributed by atoms with Crippen molar-refractivity contribution in [3.05, 3.63) is 28.8 Å². The van der Waals surface area contributed by atoms with Gasteiger partial charge in [-0.05, 0) is 28.0 Å². The molecule has 3 N–H and O–H groups in total. The summed E-state index contributed by atoms with van der Waals surface area (Å²) in [5, 5.41) is 10.6. The molecule has 22 heavy (non-hydrogen) atoms. The second-order valence-electron chi connectivity index (χ2n) is 7.85. The molecule has 124 valence electrons. The molecule has 1 rings (SSSR count). The van der Waals surface area contributed by atoms with Gasteiger partial charge in [-0.2, -0.15) is 0 Å². The number of phenolic OH excluding ortho intramolecular Hbond substituents is 1. The molecule has 0 saturated carbocycles. The first-order valence-electron chi connectivity index (χ1n) is 7.58. The summed E-state index contributed by atoms with van der Waals surface area (Å²) in [5.74, 6) is -0.206. The highest BCUT2D eigenvalue weighted by Crippen LogP contribution is 2.40. The second-order valence-corrected chi connectivity index (χ2v) is 7.85.